The van der Waals surface area contributed by atoms with Crippen LogP contribution in [0.25, 0.3) is 16.6 Å². The van der Waals surface area contributed by atoms with Gasteiger partial charge in [0.2, 0.25) is 5.88 Å². The zero-order valence-electron chi connectivity index (χ0n) is 14.4. The Bertz CT molecular complexity index is 1270. The van der Waals surface area contributed by atoms with Crippen molar-refractivity contribution in [2.24, 2.45) is 4.99 Å². The lowest BCUT2D eigenvalue weighted by molar-refractivity contribution is 0.435. The maximum absolute atomic E-state index is 13.4. The minimum absolute atomic E-state index is 0.0535. The van der Waals surface area contributed by atoms with Crippen LogP contribution in [0.15, 0.2) is 76.6 Å². The van der Waals surface area contributed by atoms with Gasteiger partial charge in [-0.3, -0.25) is 9.79 Å². The van der Waals surface area contributed by atoms with Gasteiger partial charge in [-0.25, -0.2) is 13.9 Å². The molecule has 2 heterocycles. The predicted octanol–water partition coefficient (Wildman–Crippen LogP) is 4.63. The van der Waals surface area contributed by atoms with E-state index in [2.05, 4.69) is 9.98 Å². The fraction of sp³-hybridized carbons (Fsp3) is 0. The number of hydrogen-bond donors (Lipinski definition) is 1. The highest BCUT2D eigenvalue weighted by Gasteiger charge is 2.16. The molecule has 2 aromatic carbocycles. The molecule has 0 aliphatic carbocycles. The second-order valence-corrected chi connectivity index (χ2v) is 6.38. The number of hydrogen-bond acceptors (Lipinski definition) is 4. The molecule has 0 bridgehead atoms. The molecule has 0 fully saturated rings. The van der Waals surface area contributed by atoms with Crippen molar-refractivity contribution in [2.45, 2.75) is 0 Å². The molecule has 4 aromatic rings. The van der Waals surface area contributed by atoms with Crippen LogP contribution in [-0.2, 0) is 0 Å². The molecule has 0 unspecified atom stereocenters. The molecule has 5 nitrogen and oxygen atoms in total. The van der Waals surface area contributed by atoms with Gasteiger partial charge in [-0.2, -0.15) is 0 Å². The summed E-state index contributed by atoms with van der Waals surface area (Å²) in [4.78, 5) is 21.4. The summed E-state index contributed by atoms with van der Waals surface area (Å²) in [5.74, 6) is -0.549. The average molecular weight is 394 g/mol. The van der Waals surface area contributed by atoms with Crippen molar-refractivity contribution in [1.82, 2.24) is 9.55 Å². The lowest BCUT2D eigenvalue weighted by Crippen LogP contribution is -2.20. The monoisotopic (exact) mass is 393 g/mol. The third kappa shape index (κ3) is 3.14. The maximum Gasteiger partial charge on any atom is 0.267 e. The highest BCUT2D eigenvalue weighted by atomic mass is 35.5. The van der Waals surface area contributed by atoms with Gasteiger partial charge in [0.05, 0.1) is 16.3 Å². The third-order valence-corrected chi connectivity index (χ3v) is 4.52. The van der Waals surface area contributed by atoms with E-state index in [1.165, 1.54) is 30.6 Å². The van der Waals surface area contributed by atoms with Crippen LogP contribution in [0.4, 0.5) is 10.1 Å². The van der Waals surface area contributed by atoms with Crippen LogP contribution in [0.2, 0.25) is 5.02 Å². The Morgan fingerprint density at radius 1 is 1.07 bits per heavy atom. The van der Waals surface area contributed by atoms with Crippen molar-refractivity contribution >= 4 is 34.3 Å². The molecule has 0 amide bonds. The molecule has 0 saturated heterocycles. The normalized spacial score (nSPS) is 11.4. The number of pyridine rings is 2. The Hall–Kier alpha value is -3.51. The van der Waals surface area contributed by atoms with E-state index >= 15 is 0 Å². The summed E-state index contributed by atoms with van der Waals surface area (Å²) < 4.78 is 14.5. The number of rotatable bonds is 3. The molecule has 0 saturated carbocycles. The predicted molar refractivity (Wildman–Crippen MR) is 108 cm³/mol. The highest BCUT2D eigenvalue weighted by Crippen LogP contribution is 2.27. The van der Waals surface area contributed by atoms with Crippen LogP contribution in [0.3, 0.4) is 0 Å². The molecule has 0 aliphatic heterocycles. The van der Waals surface area contributed by atoms with E-state index in [9.17, 15) is 14.3 Å². The largest absolute Gasteiger partial charge is 0.494 e. The first-order valence-corrected chi connectivity index (χ1v) is 8.71. The summed E-state index contributed by atoms with van der Waals surface area (Å²) in [6.45, 7) is 0. The van der Waals surface area contributed by atoms with Gasteiger partial charge in [0, 0.05) is 23.2 Å². The molecular weight excluding hydrogens is 381 g/mol. The lowest BCUT2D eigenvalue weighted by Gasteiger charge is -2.12. The fourth-order valence-corrected chi connectivity index (χ4v) is 3.07. The van der Waals surface area contributed by atoms with Gasteiger partial charge in [-0.15, -0.1) is 0 Å². The van der Waals surface area contributed by atoms with Gasteiger partial charge < -0.3 is 5.11 Å². The number of nitrogens with zero attached hydrogens (tertiary/aromatic N) is 3. The standard InChI is InChI=1S/C21H13ClFN3O2/c22-17-11-13(8-9-18(17)23)25-12-16-14-5-1-2-6-15(14)20(27)26(21(16)28)19-7-3-4-10-24-19/h1-12,28H. The number of aliphatic imine (C=N–C) groups is 1. The minimum Gasteiger partial charge on any atom is -0.494 e. The second-order valence-electron chi connectivity index (χ2n) is 5.97. The molecule has 0 atom stereocenters. The number of aromatic nitrogens is 2. The van der Waals surface area contributed by atoms with Gasteiger partial charge in [0.25, 0.3) is 5.56 Å². The van der Waals surface area contributed by atoms with Crippen LogP contribution in [0, 0.1) is 5.82 Å². The van der Waals surface area contributed by atoms with Crippen LogP contribution >= 0.6 is 11.6 Å². The molecule has 138 valence electrons. The number of halogens is 2. The smallest absolute Gasteiger partial charge is 0.267 e. The van der Waals surface area contributed by atoms with Gasteiger partial charge in [-0.05, 0) is 36.4 Å². The quantitative estimate of drug-likeness (QED) is 0.516. The average Bonchev–Trinajstić information content (AvgIpc) is 2.71. The zero-order chi connectivity index (χ0) is 19.7. The zero-order valence-corrected chi connectivity index (χ0v) is 15.1. The summed E-state index contributed by atoms with van der Waals surface area (Å²) in [7, 11) is 0. The van der Waals surface area contributed by atoms with Crippen LogP contribution in [0.5, 0.6) is 5.88 Å². The number of benzene rings is 2. The van der Waals surface area contributed by atoms with Crippen molar-refractivity contribution < 1.29 is 9.50 Å². The number of aromatic hydroxyl groups is 1. The lowest BCUT2D eigenvalue weighted by atomic mass is 10.1. The molecule has 0 radical (unpaired) electrons. The molecule has 2 aromatic heterocycles. The Morgan fingerprint density at radius 3 is 2.54 bits per heavy atom. The van der Waals surface area contributed by atoms with Crippen LogP contribution in [0.1, 0.15) is 5.56 Å². The van der Waals surface area contributed by atoms with Crippen LogP contribution in [-0.4, -0.2) is 20.9 Å². The fourth-order valence-electron chi connectivity index (χ4n) is 2.89. The first-order chi connectivity index (χ1) is 13.6. The summed E-state index contributed by atoms with van der Waals surface area (Å²) >= 11 is 5.80. The SMILES string of the molecule is O=c1c2ccccc2c(C=Nc2ccc(F)c(Cl)c2)c(O)n1-c1ccccn1. The molecule has 28 heavy (non-hydrogen) atoms. The van der Waals surface area contributed by atoms with Gasteiger partial charge in [0.15, 0.2) is 0 Å². The number of fused-ring (bicyclic) bond motifs is 1. The molecule has 0 spiro atoms. The molecule has 0 aliphatic rings. The van der Waals surface area contributed by atoms with E-state index in [4.69, 9.17) is 11.6 Å². The third-order valence-electron chi connectivity index (χ3n) is 4.23. The Morgan fingerprint density at radius 2 is 1.82 bits per heavy atom. The van der Waals surface area contributed by atoms with Gasteiger partial charge in [0.1, 0.15) is 11.6 Å². The molecular formula is C21H13ClFN3O2. The molecule has 7 heteroatoms. The van der Waals surface area contributed by atoms with Crippen molar-refractivity contribution in [2.75, 3.05) is 0 Å². The summed E-state index contributed by atoms with van der Waals surface area (Å²) in [5.41, 5.74) is 0.348. The van der Waals surface area contributed by atoms with E-state index < -0.39 is 11.4 Å². The minimum atomic E-state index is -0.544. The topological polar surface area (TPSA) is 67.5 Å². The Labute approximate surface area is 164 Å². The molecule has 1 N–H and O–H groups in total. The van der Waals surface area contributed by atoms with Crippen molar-refractivity contribution in [3.63, 3.8) is 0 Å². The Balaban J connectivity index is 1.96. The van der Waals surface area contributed by atoms with E-state index in [-0.39, 0.29) is 16.7 Å². The van der Waals surface area contributed by atoms with Crippen molar-refractivity contribution in [1.29, 1.82) is 0 Å². The van der Waals surface area contributed by atoms with Crippen molar-refractivity contribution in [3.05, 3.63) is 93.6 Å². The van der Waals surface area contributed by atoms with E-state index in [1.807, 2.05) is 0 Å². The molecule has 4 rings (SSSR count). The van der Waals surface area contributed by atoms with Gasteiger partial charge in [-0.1, -0.05) is 35.9 Å². The van der Waals surface area contributed by atoms with Crippen molar-refractivity contribution in [3.8, 4) is 11.7 Å². The highest BCUT2D eigenvalue weighted by molar-refractivity contribution is 6.31. The van der Waals surface area contributed by atoms with E-state index in [0.29, 0.717) is 22.0 Å². The summed E-state index contributed by atoms with van der Waals surface area (Å²) in [6.07, 6.45) is 2.95. The first-order valence-electron chi connectivity index (χ1n) is 8.33. The summed E-state index contributed by atoms with van der Waals surface area (Å²) in [5, 5.41) is 11.7. The summed E-state index contributed by atoms with van der Waals surface area (Å²) in [6, 6.07) is 16.0. The maximum atomic E-state index is 13.4. The first kappa shape index (κ1) is 17.9. The van der Waals surface area contributed by atoms with Gasteiger partial charge >= 0.3 is 0 Å². The Kier molecular flexibility index (Phi) is 4.63. The van der Waals surface area contributed by atoms with Crippen LogP contribution < -0.4 is 5.56 Å². The van der Waals surface area contributed by atoms with E-state index in [1.54, 1.807) is 42.5 Å². The van der Waals surface area contributed by atoms with E-state index in [0.717, 1.165) is 4.57 Å². The second kappa shape index (κ2) is 7.25.